The van der Waals surface area contributed by atoms with Crippen LogP contribution in [-0.2, 0) is 11.3 Å². The zero-order valence-corrected chi connectivity index (χ0v) is 12.3. The third-order valence-corrected chi connectivity index (χ3v) is 3.38. The topological polar surface area (TPSA) is 84.2 Å². The van der Waals surface area contributed by atoms with Gasteiger partial charge in [-0.1, -0.05) is 50.1 Å². The third kappa shape index (κ3) is 4.91. The molecule has 3 amide bonds. The number of amides is 3. The zero-order valence-electron chi connectivity index (χ0n) is 12.3. The van der Waals surface area contributed by atoms with Crippen LogP contribution in [0.1, 0.15) is 31.4 Å². The lowest BCUT2D eigenvalue weighted by Gasteiger charge is -2.22. The number of aryl methyl sites for hydroxylation is 1. The number of primary amides is 1. The van der Waals surface area contributed by atoms with Gasteiger partial charge < -0.3 is 16.4 Å². The molecular formula is C15H23N3O2. The second-order valence-corrected chi connectivity index (χ2v) is 5.08. The number of nitrogens with one attached hydrogen (secondary N) is 2. The normalized spacial score (nSPS) is 13.3. The lowest BCUT2D eigenvalue weighted by atomic mass is 9.98. The van der Waals surface area contributed by atoms with Crippen LogP contribution >= 0.6 is 0 Å². The minimum absolute atomic E-state index is 0.0283. The van der Waals surface area contributed by atoms with Gasteiger partial charge in [-0.3, -0.25) is 4.79 Å². The van der Waals surface area contributed by atoms with Gasteiger partial charge in [-0.15, -0.1) is 0 Å². The first-order valence-corrected chi connectivity index (χ1v) is 6.83. The molecule has 110 valence electrons. The van der Waals surface area contributed by atoms with Crippen LogP contribution in [0.25, 0.3) is 0 Å². The molecule has 1 aromatic carbocycles. The van der Waals surface area contributed by atoms with Crippen LogP contribution in [0.15, 0.2) is 24.3 Å². The highest BCUT2D eigenvalue weighted by Gasteiger charge is 2.24. The van der Waals surface area contributed by atoms with Crippen molar-refractivity contribution in [2.45, 2.75) is 39.8 Å². The number of hydrogen-bond donors (Lipinski definition) is 3. The smallest absolute Gasteiger partial charge is 0.312 e. The molecule has 0 radical (unpaired) electrons. The number of benzene rings is 1. The molecule has 0 fully saturated rings. The fraction of sp³-hybridized carbons (Fsp3) is 0.467. The van der Waals surface area contributed by atoms with Crippen LogP contribution in [0, 0.1) is 12.8 Å². The predicted molar refractivity (Wildman–Crippen MR) is 79.0 cm³/mol. The van der Waals surface area contributed by atoms with Crippen LogP contribution in [0.5, 0.6) is 0 Å². The van der Waals surface area contributed by atoms with E-state index in [1.54, 1.807) is 0 Å². The fourth-order valence-corrected chi connectivity index (χ4v) is 1.86. The summed E-state index contributed by atoms with van der Waals surface area (Å²) in [6, 6.07) is 6.65. The highest BCUT2D eigenvalue weighted by atomic mass is 16.2. The number of carbonyl (C=O) groups is 2. The van der Waals surface area contributed by atoms with Crippen molar-refractivity contribution in [3.63, 3.8) is 0 Å². The second-order valence-electron chi connectivity index (χ2n) is 5.08. The monoisotopic (exact) mass is 277 g/mol. The van der Waals surface area contributed by atoms with E-state index in [9.17, 15) is 9.59 Å². The van der Waals surface area contributed by atoms with Crippen molar-refractivity contribution in [2.75, 3.05) is 0 Å². The molecule has 5 nitrogen and oxygen atoms in total. The first-order chi connectivity index (χ1) is 9.43. The van der Waals surface area contributed by atoms with E-state index in [1.807, 2.05) is 45.0 Å². The maximum absolute atomic E-state index is 12.1. The summed E-state index contributed by atoms with van der Waals surface area (Å²) in [5.41, 5.74) is 7.31. The Morgan fingerprint density at radius 1 is 1.25 bits per heavy atom. The summed E-state index contributed by atoms with van der Waals surface area (Å²) in [5.74, 6) is -0.181. The SMILES string of the molecule is CC[C@H](C)[C@@H](NC(N)=O)C(=O)NCc1ccc(C)cc1. The predicted octanol–water partition coefficient (Wildman–Crippen LogP) is 1.69. The molecule has 20 heavy (non-hydrogen) atoms. The molecule has 0 heterocycles. The Labute approximate surface area is 119 Å². The zero-order chi connectivity index (χ0) is 15.1. The number of rotatable bonds is 6. The molecule has 0 saturated carbocycles. The van der Waals surface area contributed by atoms with Crippen molar-refractivity contribution in [1.82, 2.24) is 10.6 Å². The standard InChI is InChI=1S/C15H23N3O2/c1-4-11(3)13(18-15(16)20)14(19)17-9-12-7-5-10(2)6-8-12/h5-8,11,13H,4,9H2,1-3H3,(H,17,19)(H3,16,18,20)/t11-,13+/m0/s1. The van der Waals surface area contributed by atoms with Gasteiger partial charge in [0.25, 0.3) is 0 Å². The van der Waals surface area contributed by atoms with Gasteiger partial charge in [0.2, 0.25) is 5.91 Å². The molecule has 0 bridgehead atoms. The summed E-state index contributed by atoms with van der Waals surface area (Å²) in [4.78, 5) is 23.1. The Hall–Kier alpha value is -2.04. The summed E-state index contributed by atoms with van der Waals surface area (Å²) < 4.78 is 0. The molecule has 1 rings (SSSR count). The van der Waals surface area contributed by atoms with Crippen molar-refractivity contribution in [1.29, 1.82) is 0 Å². The van der Waals surface area contributed by atoms with E-state index in [2.05, 4.69) is 10.6 Å². The van der Waals surface area contributed by atoms with E-state index < -0.39 is 12.1 Å². The van der Waals surface area contributed by atoms with E-state index in [4.69, 9.17) is 5.73 Å². The molecule has 0 aliphatic rings. The number of nitrogens with two attached hydrogens (primary N) is 1. The first kappa shape index (κ1) is 16.0. The molecule has 0 aliphatic heterocycles. The van der Waals surface area contributed by atoms with Crippen LogP contribution in [0.2, 0.25) is 0 Å². The largest absolute Gasteiger partial charge is 0.352 e. The van der Waals surface area contributed by atoms with E-state index in [-0.39, 0.29) is 11.8 Å². The van der Waals surface area contributed by atoms with Crippen molar-refractivity contribution in [2.24, 2.45) is 11.7 Å². The Morgan fingerprint density at radius 3 is 2.35 bits per heavy atom. The van der Waals surface area contributed by atoms with Crippen LogP contribution in [0.3, 0.4) is 0 Å². The molecule has 2 atom stereocenters. The molecule has 0 spiro atoms. The van der Waals surface area contributed by atoms with Crippen LogP contribution in [0.4, 0.5) is 4.79 Å². The van der Waals surface area contributed by atoms with Crippen molar-refractivity contribution in [3.8, 4) is 0 Å². The Morgan fingerprint density at radius 2 is 1.85 bits per heavy atom. The lowest BCUT2D eigenvalue weighted by Crippen LogP contribution is -2.51. The number of carbonyl (C=O) groups excluding carboxylic acids is 2. The van der Waals surface area contributed by atoms with Gasteiger partial charge in [-0.2, -0.15) is 0 Å². The Balaban J connectivity index is 2.61. The molecule has 0 unspecified atom stereocenters. The van der Waals surface area contributed by atoms with Crippen molar-refractivity contribution < 1.29 is 9.59 Å². The molecule has 0 saturated heterocycles. The quantitative estimate of drug-likeness (QED) is 0.739. The van der Waals surface area contributed by atoms with E-state index in [1.165, 1.54) is 5.56 Å². The average molecular weight is 277 g/mol. The lowest BCUT2D eigenvalue weighted by molar-refractivity contribution is -0.124. The van der Waals surface area contributed by atoms with Gasteiger partial charge in [-0.25, -0.2) is 4.79 Å². The Kier molecular flexibility index (Phi) is 6.03. The summed E-state index contributed by atoms with van der Waals surface area (Å²) in [5, 5.41) is 5.33. The molecule has 0 aliphatic carbocycles. The van der Waals surface area contributed by atoms with Gasteiger partial charge in [0.05, 0.1) is 0 Å². The third-order valence-electron chi connectivity index (χ3n) is 3.38. The van der Waals surface area contributed by atoms with Gasteiger partial charge in [0.15, 0.2) is 0 Å². The van der Waals surface area contributed by atoms with Crippen LogP contribution < -0.4 is 16.4 Å². The van der Waals surface area contributed by atoms with E-state index >= 15 is 0 Å². The maximum Gasteiger partial charge on any atom is 0.312 e. The molecule has 5 heteroatoms. The highest BCUT2D eigenvalue weighted by molar-refractivity contribution is 5.86. The summed E-state index contributed by atoms with van der Waals surface area (Å²) in [6.45, 7) is 6.32. The van der Waals surface area contributed by atoms with Gasteiger partial charge in [0.1, 0.15) is 6.04 Å². The molecule has 4 N–H and O–H groups in total. The Bertz CT molecular complexity index is 457. The number of hydrogen-bond acceptors (Lipinski definition) is 2. The number of urea groups is 1. The average Bonchev–Trinajstić information content (AvgIpc) is 2.42. The summed E-state index contributed by atoms with van der Waals surface area (Å²) >= 11 is 0. The molecule has 0 aromatic heterocycles. The van der Waals surface area contributed by atoms with Gasteiger partial charge >= 0.3 is 6.03 Å². The maximum atomic E-state index is 12.1. The summed E-state index contributed by atoms with van der Waals surface area (Å²) in [6.07, 6.45) is 0.781. The fourth-order valence-electron chi connectivity index (χ4n) is 1.86. The van der Waals surface area contributed by atoms with Crippen molar-refractivity contribution >= 4 is 11.9 Å². The van der Waals surface area contributed by atoms with Crippen LogP contribution in [-0.4, -0.2) is 18.0 Å². The minimum atomic E-state index is -0.680. The minimum Gasteiger partial charge on any atom is -0.352 e. The molecular weight excluding hydrogens is 254 g/mol. The van der Waals surface area contributed by atoms with E-state index in [0.717, 1.165) is 12.0 Å². The first-order valence-electron chi connectivity index (χ1n) is 6.83. The second kappa shape index (κ2) is 7.53. The summed E-state index contributed by atoms with van der Waals surface area (Å²) in [7, 11) is 0. The molecule has 1 aromatic rings. The highest BCUT2D eigenvalue weighted by Crippen LogP contribution is 2.08. The van der Waals surface area contributed by atoms with Gasteiger partial charge in [-0.05, 0) is 18.4 Å². The van der Waals surface area contributed by atoms with E-state index in [0.29, 0.717) is 6.54 Å². The van der Waals surface area contributed by atoms with Gasteiger partial charge in [0, 0.05) is 6.54 Å². The van der Waals surface area contributed by atoms with Crippen molar-refractivity contribution in [3.05, 3.63) is 35.4 Å².